The lowest BCUT2D eigenvalue weighted by Gasteiger charge is -2.38. The molecule has 0 radical (unpaired) electrons. The highest BCUT2D eigenvalue weighted by Gasteiger charge is 2.37. The summed E-state index contributed by atoms with van der Waals surface area (Å²) >= 11 is 0. The lowest BCUT2D eigenvalue weighted by Crippen LogP contribution is -2.53. The molecule has 1 N–H and O–H groups in total. The van der Waals surface area contributed by atoms with Crippen LogP contribution in [0.5, 0.6) is 0 Å². The Kier molecular flexibility index (Phi) is 4.49. The van der Waals surface area contributed by atoms with Gasteiger partial charge in [0.25, 0.3) is 0 Å². The minimum atomic E-state index is 0.473. The van der Waals surface area contributed by atoms with Crippen molar-refractivity contribution in [3.8, 4) is 22.8 Å². The van der Waals surface area contributed by atoms with E-state index in [1.807, 2.05) is 42.7 Å². The number of nitrogens with one attached hydrogen (secondary N) is 1. The molecule has 0 amide bonds. The molecule has 0 bridgehead atoms. The summed E-state index contributed by atoms with van der Waals surface area (Å²) in [4.78, 5) is 21.2. The van der Waals surface area contributed by atoms with Gasteiger partial charge in [0, 0.05) is 55.2 Å². The first-order valence-corrected chi connectivity index (χ1v) is 10.7. The lowest BCUT2D eigenvalue weighted by molar-refractivity contribution is 0.438. The van der Waals surface area contributed by atoms with Crippen molar-refractivity contribution < 1.29 is 0 Å². The highest BCUT2D eigenvalue weighted by atomic mass is 15.3. The first-order valence-electron chi connectivity index (χ1n) is 10.7. The highest BCUT2D eigenvalue weighted by molar-refractivity contribution is 5.90. The van der Waals surface area contributed by atoms with Gasteiger partial charge in [0.15, 0.2) is 5.82 Å². The fourth-order valence-corrected chi connectivity index (χ4v) is 4.35. The third-order valence-electron chi connectivity index (χ3n) is 6.05. The molecule has 1 saturated heterocycles. The van der Waals surface area contributed by atoms with Gasteiger partial charge in [-0.15, -0.1) is 5.10 Å². The van der Waals surface area contributed by atoms with E-state index >= 15 is 0 Å². The van der Waals surface area contributed by atoms with Crippen molar-refractivity contribution in [2.45, 2.75) is 18.9 Å². The lowest BCUT2D eigenvalue weighted by atomic mass is 10.1. The van der Waals surface area contributed by atoms with Gasteiger partial charge in [-0.2, -0.15) is 5.10 Å². The predicted molar refractivity (Wildman–Crippen MR) is 118 cm³/mol. The van der Waals surface area contributed by atoms with Crippen LogP contribution in [0.15, 0.2) is 55.1 Å². The van der Waals surface area contributed by atoms with Crippen LogP contribution < -0.4 is 10.2 Å². The summed E-state index contributed by atoms with van der Waals surface area (Å²) in [6, 6.07) is 10.2. The summed E-state index contributed by atoms with van der Waals surface area (Å²) in [5.74, 6) is 2.42. The number of pyridine rings is 2. The topological polar surface area (TPSA) is 92.6 Å². The van der Waals surface area contributed by atoms with E-state index in [0.717, 1.165) is 59.2 Å². The second kappa shape index (κ2) is 7.63. The molecule has 1 saturated carbocycles. The van der Waals surface area contributed by atoms with Gasteiger partial charge in [-0.1, -0.05) is 0 Å². The molecule has 2 aliphatic rings. The van der Waals surface area contributed by atoms with Gasteiger partial charge in [-0.05, 0) is 49.1 Å². The van der Waals surface area contributed by atoms with Crippen molar-refractivity contribution >= 4 is 16.7 Å². The van der Waals surface area contributed by atoms with Gasteiger partial charge in [-0.25, -0.2) is 9.97 Å². The molecule has 2 fully saturated rings. The Bertz CT molecular complexity index is 1220. The van der Waals surface area contributed by atoms with Crippen LogP contribution in [-0.4, -0.2) is 55.8 Å². The Labute approximate surface area is 179 Å². The molecular weight excluding hydrogens is 388 g/mol. The Balaban J connectivity index is 1.48. The zero-order valence-electron chi connectivity index (χ0n) is 17.0. The molecule has 4 aromatic rings. The second-order valence-electron chi connectivity index (χ2n) is 8.10. The van der Waals surface area contributed by atoms with Gasteiger partial charge >= 0.3 is 0 Å². The number of nitrogens with zero attached hydrogens (tertiary/aromatic N) is 7. The number of hydrogen-bond acceptors (Lipinski definition) is 8. The van der Waals surface area contributed by atoms with Crippen molar-refractivity contribution in [2.75, 3.05) is 24.5 Å². The van der Waals surface area contributed by atoms with Crippen molar-refractivity contribution in [2.24, 2.45) is 5.92 Å². The van der Waals surface area contributed by atoms with Crippen LogP contribution in [0.1, 0.15) is 12.8 Å². The van der Waals surface area contributed by atoms with E-state index in [4.69, 9.17) is 9.97 Å². The maximum absolute atomic E-state index is 5.09. The van der Waals surface area contributed by atoms with Crippen molar-refractivity contribution in [1.29, 1.82) is 0 Å². The van der Waals surface area contributed by atoms with E-state index < -0.39 is 0 Å². The molecule has 8 heteroatoms. The largest absolute Gasteiger partial charge is 0.350 e. The zero-order chi connectivity index (χ0) is 20.6. The average Bonchev–Trinajstić information content (AvgIpc) is 3.70. The molecule has 31 heavy (non-hydrogen) atoms. The smallest absolute Gasteiger partial charge is 0.162 e. The summed E-state index contributed by atoms with van der Waals surface area (Å²) in [5.41, 5.74) is 3.23. The molecule has 5 heterocycles. The Morgan fingerprint density at radius 2 is 1.97 bits per heavy atom. The molecule has 1 aliphatic carbocycles. The van der Waals surface area contributed by atoms with Crippen LogP contribution in [0.25, 0.3) is 33.7 Å². The number of fused-ring (bicyclic) bond motifs is 1. The van der Waals surface area contributed by atoms with Gasteiger partial charge in [0.1, 0.15) is 11.5 Å². The SMILES string of the molecule is c1cnnc(-c2cc(-c3nc(N4CCNCC4C4CC4)c4ccncc4n3)ccn2)c1. The van der Waals surface area contributed by atoms with Crippen LogP contribution in [0.3, 0.4) is 0 Å². The third kappa shape index (κ3) is 3.48. The zero-order valence-corrected chi connectivity index (χ0v) is 17.0. The maximum Gasteiger partial charge on any atom is 0.162 e. The van der Waals surface area contributed by atoms with Gasteiger partial charge in [0.05, 0.1) is 17.4 Å². The van der Waals surface area contributed by atoms with Gasteiger partial charge < -0.3 is 10.2 Å². The highest BCUT2D eigenvalue weighted by Crippen LogP contribution is 2.39. The van der Waals surface area contributed by atoms with Crippen LogP contribution in [-0.2, 0) is 0 Å². The second-order valence-corrected chi connectivity index (χ2v) is 8.10. The predicted octanol–water partition coefficient (Wildman–Crippen LogP) is 2.73. The number of anilines is 1. The Hall–Kier alpha value is -3.52. The maximum atomic E-state index is 5.09. The van der Waals surface area contributed by atoms with E-state index in [0.29, 0.717) is 11.9 Å². The number of aromatic nitrogens is 6. The molecule has 0 aromatic carbocycles. The average molecular weight is 410 g/mol. The standard InChI is InChI=1S/C23H22N8/c1-2-18(30-27-7-1)19-12-16(5-9-26-19)22-28-20-13-24-8-6-17(20)23(29-22)31-11-10-25-14-21(31)15-3-4-15/h1-2,5-9,12-13,15,21,25H,3-4,10-11,14H2. The third-order valence-corrected chi connectivity index (χ3v) is 6.05. The number of piperazine rings is 1. The molecule has 4 aromatic heterocycles. The van der Waals surface area contributed by atoms with E-state index in [-0.39, 0.29) is 0 Å². The summed E-state index contributed by atoms with van der Waals surface area (Å²) in [6.45, 7) is 2.90. The molecule has 6 rings (SSSR count). The fourth-order valence-electron chi connectivity index (χ4n) is 4.35. The van der Waals surface area contributed by atoms with E-state index in [9.17, 15) is 0 Å². The Morgan fingerprint density at radius 3 is 2.84 bits per heavy atom. The summed E-state index contributed by atoms with van der Waals surface area (Å²) in [7, 11) is 0. The van der Waals surface area contributed by atoms with E-state index in [2.05, 4.69) is 30.4 Å². The van der Waals surface area contributed by atoms with Crippen molar-refractivity contribution in [3.05, 3.63) is 55.1 Å². The van der Waals surface area contributed by atoms with Crippen molar-refractivity contribution in [3.63, 3.8) is 0 Å². The van der Waals surface area contributed by atoms with E-state index in [1.54, 1.807) is 12.4 Å². The monoisotopic (exact) mass is 410 g/mol. The van der Waals surface area contributed by atoms with Crippen LogP contribution >= 0.6 is 0 Å². The normalized spacial score (nSPS) is 19.0. The minimum absolute atomic E-state index is 0.473. The minimum Gasteiger partial charge on any atom is -0.350 e. The van der Waals surface area contributed by atoms with Crippen LogP contribution in [0.2, 0.25) is 0 Å². The molecular formula is C23H22N8. The number of rotatable bonds is 4. The molecule has 1 unspecified atom stereocenters. The summed E-state index contributed by atoms with van der Waals surface area (Å²) in [5, 5.41) is 12.8. The van der Waals surface area contributed by atoms with Crippen molar-refractivity contribution in [1.82, 2.24) is 35.5 Å². The molecule has 1 aliphatic heterocycles. The molecule has 1 atom stereocenters. The summed E-state index contributed by atoms with van der Waals surface area (Å²) in [6.07, 6.45) is 9.67. The van der Waals surface area contributed by atoms with E-state index in [1.165, 1.54) is 12.8 Å². The number of hydrogen-bond donors (Lipinski definition) is 1. The van der Waals surface area contributed by atoms with Gasteiger partial charge in [0.2, 0.25) is 0 Å². The molecule has 154 valence electrons. The Morgan fingerprint density at radius 1 is 1.00 bits per heavy atom. The quantitative estimate of drug-likeness (QED) is 0.549. The summed E-state index contributed by atoms with van der Waals surface area (Å²) < 4.78 is 0. The first kappa shape index (κ1) is 18.3. The molecule has 8 nitrogen and oxygen atoms in total. The van der Waals surface area contributed by atoms with Crippen LogP contribution in [0.4, 0.5) is 5.82 Å². The first-order chi connectivity index (χ1) is 15.4. The fraction of sp³-hybridized carbons (Fsp3) is 0.304. The van der Waals surface area contributed by atoms with Gasteiger partial charge in [-0.3, -0.25) is 9.97 Å². The van der Waals surface area contributed by atoms with Crippen LogP contribution in [0, 0.1) is 5.92 Å². The molecule has 0 spiro atoms.